The van der Waals surface area contributed by atoms with E-state index in [1.807, 2.05) is 0 Å². The first-order chi connectivity index (χ1) is 23.7. The molecule has 5 N–H and O–H groups in total. The van der Waals surface area contributed by atoms with Crippen molar-refractivity contribution in [3.05, 3.63) is 92.8 Å². The number of nitrogens with one attached hydrogen (secondary N) is 1. The molecule has 2 aromatic carbocycles. The van der Waals surface area contributed by atoms with Crippen molar-refractivity contribution in [2.75, 3.05) is 0 Å². The molecule has 0 radical (unpaired) electrons. The van der Waals surface area contributed by atoms with Gasteiger partial charge in [-0.2, -0.15) is 30.4 Å². The van der Waals surface area contributed by atoms with Gasteiger partial charge in [-0.25, -0.2) is 14.6 Å². The van der Waals surface area contributed by atoms with Gasteiger partial charge in [0.05, 0.1) is 33.9 Å². The Morgan fingerprint density at radius 1 is 0.902 bits per heavy atom. The minimum atomic E-state index is -4.96. The maximum absolute atomic E-state index is 13.4. The molecule has 0 saturated carbocycles. The smallest absolute Gasteiger partial charge is 0.293 e. The molecule has 23 heteroatoms. The number of hydrogen-bond donors (Lipinski definition) is 5. The summed E-state index contributed by atoms with van der Waals surface area (Å²) in [5.41, 5.74) is 0.182. The van der Waals surface area contributed by atoms with Gasteiger partial charge in [0.25, 0.3) is 35.9 Å². The molecule has 51 heavy (non-hydrogen) atoms. The Morgan fingerprint density at radius 3 is 2.10 bits per heavy atom. The number of aromatic nitrogens is 4. The summed E-state index contributed by atoms with van der Waals surface area (Å²) >= 11 is 0.420. The zero-order chi connectivity index (χ0) is 38.1. The van der Waals surface area contributed by atoms with Crippen molar-refractivity contribution in [1.29, 1.82) is 0 Å². The predicted octanol–water partition coefficient (Wildman–Crippen LogP) is 3.12. The molecule has 0 saturated heterocycles. The molecule has 2 heterocycles. The van der Waals surface area contributed by atoms with Crippen molar-refractivity contribution >= 4 is 66.1 Å². The van der Waals surface area contributed by atoms with Crippen LogP contribution in [0, 0.1) is 6.92 Å². The van der Waals surface area contributed by atoms with E-state index in [0.717, 1.165) is 54.9 Å². The van der Waals surface area contributed by atoms with Gasteiger partial charge in [0, 0.05) is 30.0 Å². The van der Waals surface area contributed by atoms with Gasteiger partial charge < -0.3 is 0 Å². The fourth-order valence-corrected chi connectivity index (χ4v) is 6.80. The lowest BCUT2D eigenvalue weighted by Crippen LogP contribution is -2.18. The summed E-state index contributed by atoms with van der Waals surface area (Å²) in [6, 6.07) is 5.39. The average Bonchev–Trinajstić information content (AvgIpc) is 3.54. The van der Waals surface area contributed by atoms with Crippen LogP contribution in [0.25, 0.3) is 23.5 Å². The number of allylic oxidation sites excluding steroid dienone is 2. The van der Waals surface area contributed by atoms with Crippen LogP contribution in [0.15, 0.2) is 78.7 Å². The first kappa shape index (κ1) is 39.0. The number of rotatable bonds is 13. The zero-order valence-corrected chi connectivity index (χ0v) is 29.3. The van der Waals surface area contributed by atoms with E-state index < -0.39 is 73.5 Å². The third kappa shape index (κ3) is 8.58. The number of ketones is 2. The molecule has 4 rings (SSSR count). The van der Waals surface area contributed by atoms with Crippen LogP contribution in [0.3, 0.4) is 0 Å². The minimum absolute atomic E-state index is 0.0876. The lowest BCUT2D eigenvalue weighted by Gasteiger charge is -2.11. The molecule has 0 unspecified atom stereocenters. The van der Waals surface area contributed by atoms with Gasteiger partial charge in [0.1, 0.15) is 21.2 Å². The normalized spacial score (nSPS) is 12.2. The molecule has 0 spiro atoms. The van der Waals surface area contributed by atoms with Crippen LogP contribution >= 0.6 is 12.0 Å². The van der Waals surface area contributed by atoms with Gasteiger partial charge >= 0.3 is 0 Å². The molecular weight excluding hydrogens is 761 g/mol. The van der Waals surface area contributed by atoms with E-state index in [1.165, 1.54) is 31.2 Å². The van der Waals surface area contributed by atoms with Gasteiger partial charge in [-0.1, -0.05) is 17.2 Å². The van der Waals surface area contributed by atoms with Crippen molar-refractivity contribution in [2.45, 2.75) is 40.4 Å². The monoisotopic (exact) mass is 784 g/mol. The molecule has 0 bridgehead atoms. The fraction of sp³-hybridized carbons (Fsp3) is 0.107. The highest BCUT2D eigenvalue weighted by molar-refractivity contribution is 7.94. The summed E-state index contributed by atoms with van der Waals surface area (Å²) in [6.45, 7) is 3.65. The number of benzene rings is 2. The molecule has 0 atom stereocenters. The lowest BCUT2D eigenvalue weighted by atomic mass is 10.1. The number of nitrogens with zero attached hydrogens (tertiary/aromatic N) is 3. The number of carbonyl (C=O) groups excluding carboxylic acids is 2. The molecule has 2 aromatic heterocycles. The fourth-order valence-electron chi connectivity index (χ4n) is 4.60. The zero-order valence-electron chi connectivity index (χ0n) is 26.0. The third-order valence-corrected chi connectivity index (χ3v) is 10.0. The van der Waals surface area contributed by atoms with Crippen LogP contribution in [-0.2, 0) is 39.7 Å². The number of Topliss-reactive ketones (excluding diaryl/α,β-unsaturated/α-hetero) is 2. The molecule has 0 aliphatic carbocycles. The van der Waals surface area contributed by atoms with Crippen molar-refractivity contribution in [2.24, 2.45) is 0 Å². The van der Waals surface area contributed by atoms with Gasteiger partial charge in [-0.3, -0.25) is 33.1 Å². The van der Waals surface area contributed by atoms with Crippen LogP contribution in [0.4, 0.5) is 0 Å². The number of carbonyl (C=O) groups is 2. The van der Waals surface area contributed by atoms with Crippen LogP contribution < -0.4 is 5.56 Å². The highest BCUT2D eigenvalue weighted by Crippen LogP contribution is 2.29. The quantitative estimate of drug-likeness (QED) is 0.0247. The maximum Gasteiger partial charge on any atom is 0.296 e. The van der Waals surface area contributed by atoms with Crippen LogP contribution in [0.5, 0.6) is 0 Å². The van der Waals surface area contributed by atoms with E-state index in [4.69, 9.17) is 5.26 Å². The van der Waals surface area contributed by atoms with Gasteiger partial charge in [-0.15, -0.1) is 10.1 Å². The Hall–Kier alpha value is -4.78. The van der Waals surface area contributed by atoms with E-state index in [2.05, 4.69) is 25.3 Å². The Bertz CT molecular complexity index is 2570. The number of H-pyrrole nitrogens is 1. The second-order valence-corrected chi connectivity index (χ2v) is 15.1. The Balaban J connectivity index is 1.81. The number of aromatic amines is 1. The summed E-state index contributed by atoms with van der Waals surface area (Å²) < 4.78 is 107. The van der Waals surface area contributed by atoms with Crippen molar-refractivity contribution in [3.8, 4) is 11.4 Å². The van der Waals surface area contributed by atoms with Crippen LogP contribution in [0.1, 0.15) is 51.6 Å². The molecule has 19 nitrogen and oxygen atoms in total. The van der Waals surface area contributed by atoms with Crippen LogP contribution in [-0.4, -0.2) is 75.3 Å². The molecule has 4 aromatic rings. The summed E-state index contributed by atoms with van der Waals surface area (Å²) in [5, 5.41) is 18.5. The van der Waals surface area contributed by atoms with Gasteiger partial charge in [-0.05, 0) is 55.5 Å². The second kappa shape index (κ2) is 14.8. The molecule has 0 aliphatic heterocycles. The first-order valence-electron chi connectivity index (χ1n) is 13.6. The highest BCUT2D eigenvalue weighted by Gasteiger charge is 2.26. The summed E-state index contributed by atoms with van der Waals surface area (Å²) in [6.07, 6.45) is 4.95. The lowest BCUT2D eigenvalue weighted by molar-refractivity contribution is -0.432. The SMILES string of the molecule is CC(=O)c1nn(-c2cc(S(=O)(=O)O)ccc2S(=O)(=O)O)c(C)c1C=CC=C=Cc1c(C(C)=O)[nH]n(-c2cc(SOOO)ccc2S(=O)(=O)O)c1=O. The maximum atomic E-state index is 13.4. The van der Waals surface area contributed by atoms with E-state index in [9.17, 15) is 53.3 Å². The predicted molar refractivity (Wildman–Crippen MR) is 176 cm³/mol. The minimum Gasteiger partial charge on any atom is -0.293 e. The van der Waals surface area contributed by atoms with E-state index in [1.54, 1.807) is 0 Å². The van der Waals surface area contributed by atoms with E-state index >= 15 is 0 Å². The van der Waals surface area contributed by atoms with Crippen molar-refractivity contribution in [1.82, 2.24) is 19.6 Å². The number of hydrogen-bond acceptors (Lipinski definition) is 14. The molecule has 0 fully saturated rings. The second-order valence-electron chi connectivity index (χ2n) is 10.2. The Labute approximate surface area is 292 Å². The summed E-state index contributed by atoms with van der Waals surface area (Å²) in [5.74, 6) is -1.25. The van der Waals surface area contributed by atoms with E-state index in [0.29, 0.717) is 16.7 Å². The standard InChI is InChI=1S/C28H24N4O15S4/c1-15-20(26(16(2)33)29-31(15)23-14-19(49(37,38)39)10-12-25(23)51(43,44)45)7-5-4-6-8-21-27(17(3)34)30-32(28(21)35)22-13-18(48-47-46-36)9-11-24(22)50(40,41)42/h4-5,7-14,30,36H,1-3H3,(H,37,38,39)(H,40,41,42)(H,43,44,45). The van der Waals surface area contributed by atoms with Crippen molar-refractivity contribution < 1.29 is 63.1 Å². The van der Waals surface area contributed by atoms with Crippen LogP contribution in [0.2, 0.25) is 0 Å². The topological polar surface area (TPSA) is 292 Å². The first-order valence-corrected chi connectivity index (χ1v) is 18.6. The molecule has 0 aliphatic rings. The summed E-state index contributed by atoms with van der Waals surface area (Å²) in [4.78, 5) is 36.1. The average molecular weight is 785 g/mol. The Morgan fingerprint density at radius 2 is 1.53 bits per heavy atom. The molecule has 270 valence electrons. The van der Waals surface area contributed by atoms with Crippen molar-refractivity contribution in [3.63, 3.8) is 0 Å². The Kier molecular flexibility index (Phi) is 11.3. The van der Waals surface area contributed by atoms with E-state index in [-0.39, 0.29) is 33.1 Å². The largest absolute Gasteiger partial charge is 0.296 e. The highest BCUT2D eigenvalue weighted by atomic mass is 32.2. The molecular formula is C28H24N4O15S4. The third-order valence-electron chi connectivity index (χ3n) is 6.80. The van der Waals surface area contributed by atoms with Gasteiger partial charge in [0.15, 0.2) is 11.6 Å². The molecule has 0 amide bonds. The summed E-state index contributed by atoms with van der Waals surface area (Å²) in [7, 11) is -14.7. The van der Waals surface area contributed by atoms with Gasteiger partial charge in [0.2, 0.25) is 0 Å².